The summed E-state index contributed by atoms with van der Waals surface area (Å²) in [7, 11) is 0. The average molecular weight is 348 g/mol. The third-order valence-electron chi connectivity index (χ3n) is 4.16. The Morgan fingerprint density at radius 2 is 2.04 bits per heavy atom. The Labute approximate surface area is 145 Å². The molecule has 1 aliphatic heterocycles. The van der Waals surface area contributed by atoms with Gasteiger partial charge in [-0.25, -0.2) is 4.79 Å². The molecule has 0 saturated carbocycles. The lowest BCUT2D eigenvalue weighted by molar-refractivity contribution is 0.129. The molecule has 0 aromatic heterocycles. The van der Waals surface area contributed by atoms with Crippen molar-refractivity contribution in [2.24, 2.45) is 0 Å². The maximum absolute atomic E-state index is 12.2. The van der Waals surface area contributed by atoms with E-state index in [9.17, 15) is 15.0 Å². The van der Waals surface area contributed by atoms with Crippen LogP contribution in [0.5, 0.6) is 11.5 Å². The number of carbonyl (C=O) groups excluding carboxylic acids is 1. The molecule has 3 rings (SSSR count). The number of ether oxygens (including phenoxy) is 1. The van der Waals surface area contributed by atoms with E-state index in [0.717, 1.165) is 11.1 Å². The van der Waals surface area contributed by atoms with Crippen LogP contribution in [0.15, 0.2) is 42.5 Å². The number of carbonyl (C=O) groups is 1. The molecule has 2 N–H and O–H groups in total. The fourth-order valence-electron chi connectivity index (χ4n) is 2.87. The third-order valence-corrected chi connectivity index (χ3v) is 4.40. The number of nitrogens with zero attached hydrogens (tertiary/aromatic N) is 1. The zero-order chi connectivity index (χ0) is 17.3. The Morgan fingerprint density at radius 3 is 2.75 bits per heavy atom. The highest BCUT2D eigenvalue weighted by atomic mass is 35.5. The van der Waals surface area contributed by atoms with E-state index in [1.165, 1.54) is 12.1 Å². The van der Waals surface area contributed by atoms with E-state index in [2.05, 4.69) is 0 Å². The summed E-state index contributed by atoms with van der Waals surface area (Å²) < 4.78 is 5.46. The second-order valence-corrected chi connectivity index (χ2v) is 6.39. The quantitative estimate of drug-likeness (QED) is 0.823. The van der Waals surface area contributed by atoms with Crippen LogP contribution in [0.25, 0.3) is 0 Å². The topological polar surface area (TPSA) is 70.0 Å². The lowest BCUT2D eigenvalue weighted by atomic mass is 10.0. The van der Waals surface area contributed by atoms with Gasteiger partial charge in [-0.3, -0.25) is 0 Å². The van der Waals surface area contributed by atoms with E-state index >= 15 is 0 Å². The van der Waals surface area contributed by atoms with Gasteiger partial charge in [0.2, 0.25) is 0 Å². The molecule has 24 heavy (non-hydrogen) atoms. The molecule has 6 heteroatoms. The number of phenols is 2. The van der Waals surface area contributed by atoms with Gasteiger partial charge in [0.15, 0.2) is 11.5 Å². The Balaban J connectivity index is 1.70. The summed E-state index contributed by atoms with van der Waals surface area (Å²) >= 11 is 6.00. The first-order valence-electron chi connectivity index (χ1n) is 7.67. The highest BCUT2D eigenvalue weighted by molar-refractivity contribution is 6.30. The van der Waals surface area contributed by atoms with Gasteiger partial charge in [-0.1, -0.05) is 29.8 Å². The summed E-state index contributed by atoms with van der Waals surface area (Å²) in [4.78, 5) is 13.8. The molecule has 0 aliphatic carbocycles. The first-order valence-corrected chi connectivity index (χ1v) is 8.05. The van der Waals surface area contributed by atoms with Crippen LogP contribution in [-0.2, 0) is 11.2 Å². The lowest BCUT2D eigenvalue weighted by Crippen LogP contribution is -2.35. The number of phenolic OH excluding ortho intramolecular Hbond substituents is 2. The van der Waals surface area contributed by atoms with Gasteiger partial charge in [0.1, 0.15) is 6.10 Å². The van der Waals surface area contributed by atoms with Gasteiger partial charge in [0, 0.05) is 11.1 Å². The standard InChI is InChI=1S/C18H18ClNO4/c1-11(7-12-5-6-15(21)16(22)8-12)20-10-17(24-18(20)23)13-3-2-4-14(19)9-13/h2-6,8-9,11,17,21-22H,7,10H2,1H3/t11?,17-/m1/s1. The molecule has 1 unspecified atom stereocenters. The predicted octanol–water partition coefficient (Wildman–Crippen LogP) is 3.88. The molecular formula is C18H18ClNO4. The first-order chi connectivity index (χ1) is 11.4. The van der Waals surface area contributed by atoms with Crippen LogP contribution in [0.2, 0.25) is 5.02 Å². The minimum Gasteiger partial charge on any atom is -0.504 e. The van der Waals surface area contributed by atoms with Crippen molar-refractivity contribution in [1.29, 1.82) is 0 Å². The van der Waals surface area contributed by atoms with Crippen LogP contribution in [0, 0.1) is 0 Å². The normalized spacial score (nSPS) is 18.5. The molecular weight excluding hydrogens is 330 g/mol. The fraction of sp³-hybridized carbons (Fsp3) is 0.278. The zero-order valence-electron chi connectivity index (χ0n) is 13.1. The van der Waals surface area contributed by atoms with Crippen molar-refractivity contribution < 1.29 is 19.7 Å². The summed E-state index contributed by atoms with van der Waals surface area (Å²) in [5, 5.41) is 19.6. The molecule has 1 aliphatic rings. The van der Waals surface area contributed by atoms with E-state index in [1.807, 2.05) is 19.1 Å². The van der Waals surface area contributed by atoms with Crippen LogP contribution in [0.3, 0.4) is 0 Å². The van der Waals surface area contributed by atoms with Gasteiger partial charge in [-0.05, 0) is 48.7 Å². The van der Waals surface area contributed by atoms with Gasteiger partial charge in [0.05, 0.1) is 6.54 Å². The van der Waals surface area contributed by atoms with Crippen molar-refractivity contribution >= 4 is 17.7 Å². The van der Waals surface area contributed by atoms with Crippen LogP contribution in [0.4, 0.5) is 4.79 Å². The molecule has 0 bridgehead atoms. The van der Waals surface area contributed by atoms with Gasteiger partial charge >= 0.3 is 6.09 Å². The minimum atomic E-state index is -0.365. The summed E-state index contributed by atoms with van der Waals surface area (Å²) in [6.07, 6.45) is -0.159. The Hall–Kier alpha value is -2.40. The fourth-order valence-corrected chi connectivity index (χ4v) is 3.07. The lowest BCUT2D eigenvalue weighted by Gasteiger charge is -2.22. The van der Waals surface area contributed by atoms with Crippen LogP contribution < -0.4 is 0 Å². The van der Waals surface area contributed by atoms with Crippen molar-refractivity contribution in [3.05, 3.63) is 58.6 Å². The summed E-state index contributed by atoms with van der Waals surface area (Å²) in [5.74, 6) is -0.325. The summed E-state index contributed by atoms with van der Waals surface area (Å²) in [6, 6.07) is 11.8. The molecule has 126 valence electrons. The van der Waals surface area contributed by atoms with Crippen molar-refractivity contribution in [2.75, 3.05) is 6.54 Å². The number of benzene rings is 2. The molecule has 2 aromatic carbocycles. The highest BCUT2D eigenvalue weighted by Crippen LogP contribution is 2.30. The molecule has 1 fully saturated rings. The van der Waals surface area contributed by atoms with E-state index in [-0.39, 0.29) is 29.7 Å². The molecule has 2 atom stereocenters. The number of halogens is 1. The smallest absolute Gasteiger partial charge is 0.410 e. The summed E-state index contributed by atoms with van der Waals surface area (Å²) in [5.41, 5.74) is 1.70. The van der Waals surface area contributed by atoms with Crippen molar-refractivity contribution in [3.8, 4) is 11.5 Å². The van der Waals surface area contributed by atoms with Crippen molar-refractivity contribution in [3.63, 3.8) is 0 Å². The van der Waals surface area contributed by atoms with Gasteiger partial charge in [-0.2, -0.15) is 0 Å². The average Bonchev–Trinajstić information content (AvgIpc) is 2.93. The minimum absolute atomic E-state index is 0.106. The Morgan fingerprint density at radius 1 is 1.25 bits per heavy atom. The van der Waals surface area contributed by atoms with Crippen LogP contribution in [-0.4, -0.2) is 33.8 Å². The first kappa shape index (κ1) is 16.5. The number of amides is 1. The van der Waals surface area contributed by atoms with Gasteiger partial charge in [-0.15, -0.1) is 0 Å². The molecule has 0 spiro atoms. The predicted molar refractivity (Wildman–Crippen MR) is 90.3 cm³/mol. The van der Waals surface area contributed by atoms with Crippen molar-refractivity contribution in [1.82, 2.24) is 4.90 Å². The SMILES string of the molecule is CC(Cc1ccc(O)c(O)c1)N1C[C@H](c2cccc(Cl)c2)OC1=O. The van der Waals surface area contributed by atoms with E-state index < -0.39 is 0 Å². The maximum atomic E-state index is 12.2. The number of cyclic esters (lactones) is 1. The van der Waals surface area contributed by atoms with Crippen LogP contribution in [0.1, 0.15) is 24.2 Å². The number of rotatable bonds is 4. The third kappa shape index (κ3) is 3.41. The van der Waals surface area contributed by atoms with E-state index in [4.69, 9.17) is 16.3 Å². The number of hydrogen-bond acceptors (Lipinski definition) is 4. The summed E-state index contributed by atoms with van der Waals surface area (Å²) in [6.45, 7) is 2.37. The Kier molecular flexibility index (Phi) is 4.53. The molecule has 2 aromatic rings. The molecule has 1 amide bonds. The number of aromatic hydroxyl groups is 2. The van der Waals surface area contributed by atoms with Crippen molar-refractivity contribution in [2.45, 2.75) is 25.5 Å². The molecule has 5 nitrogen and oxygen atoms in total. The zero-order valence-corrected chi connectivity index (χ0v) is 13.9. The molecule has 1 heterocycles. The van der Waals surface area contributed by atoms with Crippen LogP contribution >= 0.6 is 11.6 Å². The largest absolute Gasteiger partial charge is 0.504 e. The number of hydrogen-bond donors (Lipinski definition) is 2. The second kappa shape index (κ2) is 6.61. The van der Waals surface area contributed by atoms with Gasteiger partial charge in [0.25, 0.3) is 0 Å². The molecule has 1 saturated heterocycles. The van der Waals surface area contributed by atoms with E-state index in [0.29, 0.717) is 18.0 Å². The highest BCUT2D eigenvalue weighted by Gasteiger charge is 2.35. The maximum Gasteiger partial charge on any atom is 0.410 e. The second-order valence-electron chi connectivity index (χ2n) is 5.96. The molecule has 0 radical (unpaired) electrons. The monoisotopic (exact) mass is 347 g/mol. The van der Waals surface area contributed by atoms with E-state index in [1.54, 1.807) is 23.1 Å². The Bertz CT molecular complexity index is 764. The van der Waals surface area contributed by atoms with Gasteiger partial charge < -0.3 is 19.8 Å².